The fraction of sp³-hybridized carbons (Fsp3) is 0.571. The van der Waals surface area contributed by atoms with E-state index in [0.29, 0.717) is 12.2 Å². The fourth-order valence-corrected chi connectivity index (χ4v) is 1.98. The molecule has 1 aromatic carbocycles. The summed E-state index contributed by atoms with van der Waals surface area (Å²) in [4.78, 5) is 0. The molecule has 0 aliphatic carbocycles. The molecule has 0 aromatic heterocycles. The molecular formula is C14H20N2O2. The molecule has 2 aliphatic heterocycles. The SMILES string of the molecule is c1cc(CNCC2CO2)cc(CNCC2CO2)c1. The van der Waals surface area contributed by atoms with Crippen molar-refractivity contribution >= 4 is 0 Å². The molecule has 2 heterocycles. The summed E-state index contributed by atoms with van der Waals surface area (Å²) >= 11 is 0. The van der Waals surface area contributed by atoms with Crippen LogP contribution in [0.5, 0.6) is 0 Å². The molecule has 0 bridgehead atoms. The average molecular weight is 248 g/mol. The third-order valence-corrected chi connectivity index (χ3v) is 3.20. The van der Waals surface area contributed by atoms with Crippen molar-refractivity contribution < 1.29 is 9.47 Å². The van der Waals surface area contributed by atoms with Gasteiger partial charge in [-0.05, 0) is 11.1 Å². The zero-order valence-corrected chi connectivity index (χ0v) is 10.5. The lowest BCUT2D eigenvalue weighted by Gasteiger charge is -2.07. The van der Waals surface area contributed by atoms with Crippen LogP contribution in [0, 0.1) is 0 Å². The summed E-state index contributed by atoms with van der Waals surface area (Å²) in [6.45, 7) is 5.59. The Morgan fingerprint density at radius 3 is 1.89 bits per heavy atom. The van der Waals surface area contributed by atoms with E-state index in [-0.39, 0.29) is 0 Å². The molecule has 1 aromatic rings. The highest BCUT2D eigenvalue weighted by Gasteiger charge is 2.21. The van der Waals surface area contributed by atoms with Crippen molar-refractivity contribution in [2.45, 2.75) is 25.3 Å². The smallest absolute Gasteiger partial charge is 0.0934 e. The standard InChI is InChI=1S/C14H20N2O2/c1-2-11(5-15-7-13-9-17-13)4-12(3-1)6-16-8-14-10-18-14/h1-4,13-16H,5-10H2. The van der Waals surface area contributed by atoms with E-state index in [1.54, 1.807) is 0 Å². The third-order valence-electron chi connectivity index (χ3n) is 3.20. The molecule has 2 aliphatic rings. The van der Waals surface area contributed by atoms with Crippen molar-refractivity contribution in [1.29, 1.82) is 0 Å². The summed E-state index contributed by atoms with van der Waals surface area (Å²) in [5.41, 5.74) is 2.66. The molecule has 4 nitrogen and oxygen atoms in total. The van der Waals surface area contributed by atoms with Crippen LogP contribution in [0.1, 0.15) is 11.1 Å². The van der Waals surface area contributed by atoms with E-state index in [9.17, 15) is 0 Å². The Hall–Kier alpha value is -0.940. The minimum Gasteiger partial charge on any atom is -0.372 e. The highest BCUT2D eigenvalue weighted by Crippen LogP contribution is 2.09. The monoisotopic (exact) mass is 248 g/mol. The highest BCUT2D eigenvalue weighted by atomic mass is 16.6. The molecule has 0 radical (unpaired) electrons. The molecule has 2 N–H and O–H groups in total. The number of ether oxygens (including phenoxy) is 2. The van der Waals surface area contributed by atoms with Crippen LogP contribution >= 0.6 is 0 Å². The molecular weight excluding hydrogens is 228 g/mol. The van der Waals surface area contributed by atoms with E-state index in [1.807, 2.05) is 0 Å². The van der Waals surface area contributed by atoms with Crippen LogP contribution < -0.4 is 10.6 Å². The van der Waals surface area contributed by atoms with Crippen LogP contribution in [-0.2, 0) is 22.6 Å². The van der Waals surface area contributed by atoms with Gasteiger partial charge < -0.3 is 20.1 Å². The second kappa shape index (κ2) is 5.80. The lowest BCUT2D eigenvalue weighted by molar-refractivity contribution is 0.396. The zero-order valence-electron chi connectivity index (χ0n) is 10.5. The van der Waals surface area contributed by atoms with Gasteiger partial charge in [-0.3, -0.25) is 0 Å². The average Bonchev–Trinajstić information content (AvgIpc) is 3.25. The van der Waals surface area contributed by atoms with Gasteiger partial charge >= 0.3 is 0 Å². The first kappa shape index (κ1) is 12.1. The van der Waals surface area contributed by atoms with Crippen molar-refractivity contribution in [1.82, 2.24) is 10.6 Å². The predicted octanol–water partition coefficient (Wildman–Crippen LogP) is 0.663. The van der Waals surface area contributed by atoms with Crippen molar-refractivity contribution in [2.75, 3.05) is 26.3 Å². The van der Waals surface area contributed by atoms with Crippen LogP contribution in [0.25, 0.3) is 0 Å². The van der Waals surface area contributed by atoms with E-state index in [0.717, 1.165) is 39.4 Å². The molecule has 2 unspecified atom stereocenters. The second-order valence-corrected chi connectivity index (χ2v) is 4.99. The van der Waals surface area contributed by atoms with Crippen LogP contribution in [-0.4, -0.2) is 38.5 Å². The lowest BCUT2D eigenvalue weighted by Crippen LogP contribution is -2.20. The number of benzene rings is 1. The van der Waals surface area contributed by atoms with Gasteiger partial charge in [-0.25, -0.2) is 0 Å². The molecule has 0 spiro atoms. The largest absolute Gasteiger partial charge is 0.372 e. The van der Waals surface area contributed by atoms with E-state index >= 15 is 0 Å². The van der Waals surface area contributed by atoms with Gasteiger partial charge in [0.15, 0.2) is 0 Å². The maximum Gasteiger partial charge on any atom is 0.0934 e. The Kier molecular flexibility index (Phi) is 3.90. The van der Waals surface area contributed by atoms with Gasteiger partial charge in [-0.1, -0.05) is 24.3 Å². The first-order valence-electron chi connectivity index (χ1n) is 6.62. The second-order valence-electron chi connectivity index (χ2n) is 4.99. The zero-order chi connectivity index (χ0) is 12.2. The first-order valence-corrected chi connectivity index (χ1v) is 6.62. The van der Waals surface area contributed by atoms with Crippen molar-refractivity contribution in [2.24, 2.45) is 0 Å². The molecule has 2 fully saturated rings. The van der Waals surface area contributed by atoms with E-state index in [4.69, 9.17) is 9.47 Å². The minimum atomic E-state index is 0.452. The Balaban J connectivity index is 1.41. The van der Waals surface area contributed by atoms with Crippen LogP contribution in [0.2, 0.25) is 0 Å². The third kappa shape index (κ3) is 4.07. The maximum atomic E-state index is 5.17. The van der Waals surface area contributed by atoms with Gasteiger partial charge in [0, 0.05) is 26.2 Å². The van der Waals surface area contributed by atoms with Crippen LogP contribution in [0.15, 0.2) is 24.3 Å². The van der Waals surface area contributed by atoms with Gasteiger partial charge in [-0.15, -0.1) is 0 Å². The van der Waals surface area contributed by atoms with E-state index in [2.05, 4.69) is 34.9 Å². The summed E-state index contributed by atoms with van der Waals surface area (Å²) in [5.74, 6) is 0. The highest BCUT2D eigenvalue weighted by molar-refractivity contribution is 5.23. The molecule has 0 amide bonds. The Labute approximate surface area is 108 Å². The van der Waals surface area contributed by atoms with Crippen molar-refractivity contribution in [3.05, 3.63) is 35.4 Å². The van der Waals surface area contributed by atoms with Gasteiger partial charge in [0.2, 0.25) is 0 Å². The van der Waals surface area contributed by atoms with E-state index in [1.165, 1.54) is 11.1 Å². The Morgan fingerprint density at radius 2 is 1.44 bits per heavy atom. The van der Waals surface area contributed by atoms with Crippen LogP contribution in [0.4, 0.5) is 0 Å². The summed E-state index contributed by atoms with van der Waals surface area (Å²) in [6, 6.07) is 8.69. The van der Waals surface area contributed by atoms with Crippen molar-refractivity contribution in [3.8, 4) is 0 Å². The molecule has 0 saturated carbocycles. The quantitative estimate of drug-likeness (QED) is 0.664. The van der Waals surface area contributed by atoms with Crippen LogP contribution in [0.3, 0.4) is 0 Å². The molecule has 3 rings (SSSR count). The summed E-state index contributed by atoms with van der Waals surface area (Å²) in [5, 5.41) is 6.82. The Morgan fingerprint density at radius 1 is 0.944 bits per heavy atom. The number of hydrogen-bond donors (Lipinski definition) is 2. The summed E-state index contributed by atoms with van der Waals surface area (Å²) in [7, 11) is 0. The predicted molar refractivity (Wildman–Crippen MR) is 69.3 cm³/mol. The maximum absolute atomic E-state index is 5.17. The normalized spacial score (nSPS) is 25.1. The molecule has 2 saturated heterocycles. The number of rotatable bonds is 8. The lowest BCUT2D eigenvalue weighted by atomic mass is 10.1. The Bertz CT molecular complexity index is 356. The van der Waals surface area contributed by atoms with Gasteiger partial charge in [0.05, 0.1) is 25.4 Å². The number of hydrogen-bond acceptors (Lipinski definition) is 4. The van der Waals surface area contributed by atoms with Gasteiger partial charge in [-0.2, -0.15) is 0 Å². The topological polar surface area (TPSA) is 49.1 Å². The first-order chi connectivity index (χ1) is 8.90. The van der Waals surface area contributed by atoms with E-state index < -0.39 is 0 Å². The number of nitrogens with one attached hydrogen (secondary N) is 2. The molecule has 18 heavy (non-hydrogen) atoms. The minimum absolute atomic E-state index is 0.452. The molecule has 4 heteroatoms. The number of epoxide rings is 2. The van der Waals surface area contributed by atoms with Gasteiger partial charge in [0.25, 0.3) is 0 Å². The fourth-order valence-electron chi connectivity index (χ4n) is 1.98. The van der Waals surface area contributed by atoms with Gasteiger partial charge in [0.1, 0.15) is 0 Å². The molecule has 2 atom stereocenters. The summed E-state index contributed by atoms with van der Waals surface area (Å²) < 4.78 is 10.3. The van der Waals surface area contributed by atoms with Crippen molar-refractivity contribution in [3.63, 3.8) is 0 Å². The summed E-state index contributed by atoms with van der Waals surface area (Å²) in [6.07, 6.45) is 0.904. The molecule has 98 valence electrons.